The van der Waals surface area contributed by atoms with E-state index in [1.807, 2.05) is 0 Å². The lowest BCUT2D eigenvalue weighted by Gasteiger charge is -2.40. The van der Waals surface area contributed by atoms with Crippen LogP contribution in [-0.2, 0) is 0 Å². The Bertz CT molecular complexity index is 187. The Labute approximate surface area is 69.9 Å². The molecule has 0 saturated heterocycles. The van der Waals surface area contributed by atoms with Crippen LogP contribution in [0.5, 0.6) is 0 Å². The lowest BCUT2D eigenvalue weighted by atomic mass is 9.84. The van der Waals surface area contributed by atoms with Gasteiger partial charge in [0.15, 0.2) is 0 Å². The lowest BCUT2D eigenvalue weighted by molar-refractivity contribution is 0.283. The molecule has 0 amide bonds. The van der Waals surface area contributed by atoms with Crippen molar-refractivity contribution in [2.24, 2.45) is 0 Å². The zero-order valence-electron chi connectivity index (χ0n) is 8.28. The first-order valence-corrected chi connectivity index (χ1v) is 4.28. The predicted molar refractivity (Wildman–Crippen MR) is 49.7 cm³/mol. The van der Waals surface area contributed by atoms with Crippen LogP contribution in [-0.4, -0.2) is 11.1 Å². The first-order valence-electron chi connectivity index (χ1n) is 4.28. The second-order valence-electron chi connectivity index (χ2n) is 4.90. The van der Waals surface area contributed by atoms with E-state index in [1.54, 1.807) is 0 Å². The fourth-order valence-electron chi connectivity index (χ4n) is 2.32. The van der Waals surface area contributed by atoms with Gasteiger partial charge in [0.1, 0.15) is 0 Å². The molecule has 0 aromatic heterocycles. The molecule has 1 heteroatoms. The Morgan fingerprint density at radius 2 is 1.82 bits per heavy atom. The van der Waals surface area contributed by atoms with E-state index < -0.39 is 0 Å². The summed E-state index contributed by atoms with van der Waals surface area (Å²) in [6.45, 7) is 11.2. The highest BCUT2D eigenvalue weighted by atomic mass is 15.0. The van der Waals surface area contributed by atoms with Gasteiger partial charge in [-0.25, -0.2) is 0 Å². The summed E-state index contributed by atoms with van der Waals surface area (Å²) in [7, 11) is 0. The van der Waals surface area contributed by atoms with Gasteiger partial charge in [0.2, 0.25) is 0 Å². The average molecular weight is 153 g/mol. The summed E-state index contributed by atoms with van der Waals surface area (Å²) in [4.78, 5) is 0. The van der Waals surface area contributed by atoms with E-state index >= 15 is 0 Å². The molecule has 1 N–H and O–H groups in total. The molecule has 0 spiro atoms. The molecular formula is C10H19N. The topological polar surface area (TPSA) is 12.0 Å². The van der Waals surface area contributed by atoms with Crippen molar-refractivity contribution in [2.75, 3.05) is 0 Å². The summed E-state index contributed by atoms with van der Waals surface area (Å²) in [5.74, 6) is 0. The third kappa shape index (κ3) is 2.33. The van der Waals surface area contributed by atoms with Crippen molar-refractivity contribution < 1.29 is 0 Å². The van der Waals surface area contributed by atoms with Crippen LogP contribution in [0.4, 0.5) is 0 Å². The molecule has 64 valence electrons. The molecular weight excluding hydrogens is 134 g/mol. The largest absolute Gasteiger partial charge is 0.303 e. The zero-order valence-corrected chi connectivity index (χ0v) is 8.28. The SMILES string of the molecule is CC1=CC(C)(C)NC(C)(C)C1. The highest BCUT2D eigenvalue weighted by molar-refractivity contribution is 5.18. The van der Waals surface area contributed by atoms with Crippen LogP contribution >= 0.6 is 0 Å². The van der Waals surface area contributed by atoms with Gasteiger partial charge < -0.3 is 5.32 Å². The number of hydrogen-bond donors (Lipinski definition) is 1. The Kier molecular flexibility index (Phi) is 1.87. The monoisotopic (exact) mass is 153 g/mol. The van der Waals surface area contributed by atoms with Gasteiger partial charge in [0, 0.05) is 11.1 Å². The smallest absolute Gasteiger partial charge is 0.0314 e. The minimum absolute atomic E-state index is 0.172. The number of nitrogens with one attached hydrogen (secondary N) is 1. The minimum Gasteiger partial charge on any atom is -0.303 e. The maximum absolute atomic E-state index is 3.59. The van der Waals surface area contributed by atoms with Gasteiger partial charge in [-0.15, -0.1) is 0 Å². The molecule has 0 unspecified atom stereocenters. The van der Waals surface area contributed by atoms with E-state index in [0.717, 1.165) is 6.42 Å². The summed E-state index contributed by atoms with van der Waals surface area (Å²) in [6.07, 6.45) is 3.48. The average Bonchev–Trinajstić information content (AvgIpc) is 1.49. The van der Waals surface area contributed by atoms with E-state index in [-0.39, 0.29) is 11.1 Å². The quantitative estimate of drug-likeness (QED) is 0.527. The van der Waals surface area contributed by atoms with E-state index in [0.29, 0.717) is 0 Å². The van der Waals surface area contributed by atoms with Crippen molar-refractivity contribution in [2.45, 2.75) is 52.1 Å². The molecule has 0 saturated carbocycles. The molecule has 1 aliphatic heterocycles. The van der Waals surface area contributed by atoms with Gasteiger partial charge in [0.05, 0.1) is 0 Å². The van der Waals surface area contributed by atoms with Crippen LogP contribution in [0.1, 0.15) is 41.0 Å². The molecule has 0 radical (unpaired) electrons. The van der Waals surface area contributed by atoms with Gasteiger partial charge in [-0.2, -0.15) is 0 Å². The second-order valence-corrected chi connectivity index (χ2v) is 4.90. The molecule has 0 aromatic carbocycles. The molecule has 0 aromatic rings. The van der Waals surface area contributed by atoms with Crippen molar-refractivity contribution in [1.29, 1.82) is 0 Å². The second kappa shape index (κ2) is 2.34. The Hall–Kier alpha value is -0.300. The highest BCUT2D eigenvalue weighted by Crippen LogP contribution is 2.26. The van der Waals surface area contributed by atoms with E-state index in [9.17, 15) is 0 Å². The maximum atomic E-state index is 3.59. The van der Waals surface area contributed by atoms with Crippen molar-refractivity contribution in [1.82, 2.24) is 5.32 Å². The van der Waals surface area contributed by atoms with Crippen LogP contribution in [0.2, 0.25) is 0 Å². The summed E-state index contributed by atoms with van der Waals surface area (Å²) >= 11 is 0. The lowest BCUT2D eigenvalue weighted by Crippen LogP contribution is -2.53. The fourth-order valence-corrected chi connectivity index (χ4v) is 2.32. The van der Waals surface area contributed by atoms with Crippen molar-refractivity contribution >= 4 is 0 Å². The van der Waals surface area contributed by atoms with Gasteiger partial charge in [-0.3, -0.25) is 0 Å². The minimum atomic E-state index is 0.172. The van der Waals surface area contributed by atoms with Gasteiger partial charge >= 0.3 is 0 Å². The number of hydrogen-bond acceptors (Lipinski definition) is 1. The first kappa shape index (κ1) is 8.79. The maximum Gasteiger partial charge on any atom is 0.0314 e. The zero-order chi connectivity index (χ0) is 8.70. The normalized spacial score (nSPS) is 27.9. The molecule has 0 atom stereocenters. The van der Waals surface area contributed by atoms with Gasteiger partial charge in [-0.1, -0.05) is 11.6 Å². The van der Waals surface area contributed by atoms with E-state index in [2.05, 4.69) is 46.0 Å². The van der Waals surface area contributed by atoms with Crippen LogP contribution < -0.4 is 5.32 Å². The van der Waals surface area contributed by atoms with Crippen LogP contribution in [0.25, 0.3) is 0 Å². The molecule has 0 aliphatic carbocycles. The standard InChI is InChI=1S/C10H19N/c1-8-6-9(2,3)11-10(4,5)7-8/h6,11H,7H2,1-5H3. The summed E-state index contributed by atoms with van der Waals surface area (Å²) in [6, 6.07) is 0. The van der Waals surface area contributed by atoms with Crippen molar-refractivity contribution in [3.8, 4) is 0 Å². The van der Waals surface area contributed by atoms with Crippen LogP contribution in [0.15, 0.2) is 11.6 Å². The predicted octanol–water partition coefficient (Wildman–Crippen LogP) is 2.48. The van der Waals surface area contributed by atoms with E-state index in [1.165, 1.54) is 5.57 Å². The van der Waals surface area contributed by atoms with E-state index in [4.69, 9.17) is 0 Å². The van der Waals surface area contributed by atoms with Crippen molar-refractivity contribution in [3.05, 3.63) is 11.6 Å². The molecule has 11 heavy (non-hydrogen) atoms. The molecule has 1 heterocycles. The molecule has 1 nitrogen and oxygen atoms in total. The highest BCUT2D eigenvalue weighted by Gasteiger charge is 2.30. The Morgan fingerprint density at radius 3 is 2.18 bits per heavy atom. The summed E-state index contributed by atoms with van der Waals surface area (Å²) in [5, 5.41) is 3.59. The Morgan fingerprint density at radius 1 is 1.27 bits per heavy atom. The van der Waals surface area contributed by atoms with Crippen LogP contribution in [0, 0.1) is 0 Å². The molecule has 1 aliphatic rings. The molecule has 0 fully saturated rings. The summed E-state index contributed by atoms with van der Waals surface area (Å²) < 4.78 is 0. The fraction of sp³-hybridized carbons (Fsp3) is 0.800. The molecule has 1 rings (SSSR count). The number of rotatable bonds is 0. The first-order chi connectivity index (χ1) is 4.81. The third-order valence-electron chi connectivity index (χ3n) is 1.99. The third-order valence-corrected chi connectivity index (χ3v) is 1.99. The van der Waals surface area contributed by atoms with Crippen molar-refractivity contribution in [3.63, 3.8) is 0 Å². The Balaban J connectivity index is 2.86. The van der Waals surface area contributed by atoms with Crippen LogP contribution in [0.3, 0.4) is 0 Å². The molecule has 0 bridgehead atoms. The summed E-state index contributed by atoms with van der Waals surface area (Å²) in [5.41, 5.74) is 1.94. The van der Waals surface area contributed by atoms with Gasteiger partial charge in [-0.05, 0) is 41.0 Å². The van der Waals surface area contributed by atoms with Gasteiger partial charge in [0.25, 0.3) is 0 Å².